The summed E-state index contributed by atoms with van der Waals surface area (Å²) in [7, 11) is 0. The zero-order valence-electron chi connectivity index (χ0n) is 32.9. The van der Waals surface area contributed by atoms with Gasteiger partial charge >= 0.3 is 0 Å². The fraction of sp³-hybridized carbons (Fsp3) is 0.0426. The number of rotatable bonds is 5. The predicted molar refractivity (Wildman–Crippen MR) is 209 cm³/mol. The molecule has 0 bridgehead atoms. The van der Waals surface area contributed by atoms with Gasteiger partial charge in [0.1, 0.15) is 0 Å². The summed E-state index contributed by atoms with van der Waals surface area (Å²) in [5.74, 6) is 1.16. The van der Waals surface area contributed by atoms with Gasteiger partial charge in [-0.05, 0) is 86.5 Å². The van der Waals surface area contributed by atoms with Crippen molar-refractivity contribution in [1.82, 2.24) is 15.0 Å². The van der Waals surface area contributed by atoms with Crippen LogP contribution in [0, 0.1) is 13.7 Å². The summed E-state index contributed by atoms with van der Waals surface area (Å²) in [6, 6.07) is 53.5. The molecule has 236 valence electrons. The third-order valence-corrected chi connectivity index (χ3v) is 9.32. The Bertz CT molecular complexity index is 2820. The number of aromatic nitrogens is 3. The number of fused-ring (bicyclic) bond motifs is 6. The van der Waals surface area contributed by atoms with Crippen molar-refractivity contribution >= 4 is 32.3 Å². The molecule has 9 rings (SSSR count). The summed E-state index contributed by atoms with van der Waals surface area (Å²) in [6.07, 6.45) is 0. The summed E-state index contributed by atoms with van der Waals surface area (Å²) < 4.78 is 46.8. The minimum Gasteiger partial charge on any atom is -0.208 e. The van der Waals surface area contributed by atoms with Crippen LogP contribution in [0.15, 0.2) is 164 Å². The third kappa shape index (κ3) is 5.39. The Kier molecular flexibility index (Phi) is 5.82. The topological polar surface area (TPSA) is 38.7 Å². The lowest BCUT2D eigenvalue weighted by Crippen LogP contribution is -2.00. The minimum absolute atomic E-state index is 0.219. The lowest BCUT2D eigenvalue weighted by atomic mass is 9.91. The summed E-state index contributed by atoms with van der Waals surface area (Å²) in [5, 5.41) is 7.40. The molecule has 0 aliphatic rings. The first-order valence-electron chi connectivity index (χ1n) is 19.5. The quantitative estimate of drug-likeness (QED) is 0.175. The Morgan fingerprint density at radius 3 is 1.14 bits per heavy atom. The second-order valence-corrected chi connectivity index (χ2v) is 12.5. The molecule has 3 nitrogen and oxygen atoms in total. The molecule has 0 radical (unpaired) electrons. The van der Waals surface area contributed by atoms with E-state index in [0.717, 1.165) is 27.8 Å². The number of benzene rings is 8. The van der Waals surface area contributed by atoms with Crippen molar-refractivity contribution in [2.24, 2.45) is 0 Å². The van der Waals surface area contributed by atoms with Crippen LogP contribution in [0.1, 0.15) is 19.4 Å². The summed E-state index contributed by atoms with van der Waals surface area (Å²) in [4.78, 5) is 14.5. The maximum absolute atomic E-state index is 7.79. The van der Waals surface area contributed by atoms with Crippen LogP contribution in [0.4, 0.5) is 0 Å². The van der Waals surface area contributed by atoms with Gasteiger partial charge in [0.2, 0.25) is 0 Å². The van der Waals surface area contributed by atoms with Crippen molar-refractivity contribution in [2.75, 3.05) is 0 Å². The molecule has 0 spiro atoms. The van der Waals surface area contributed by atoms with E-state index in [9.17, 15) is 0 Å². The van der Waals surface area contributed by atoms with Crippen LogP contribution >= 0.6 is 0 Å². The summed E-state index contributed by atoms with van der Waals surface area (Å²) in [5.41, 5.74) is 6.68. The normalized spacial score (nSPS) is 13.7. The molecule has 0 fully saturated rings. The van der Waals surface area contributed by atoms with Crippen LogP contribution in [0.3, 0.4) is 0 Å². The highest BCUT2D eigenvalue weighted by atomic mass is 15.0. The molecule has 0 saturated carbocycles. The maximum Gasteiger partial charge on any atom is 0.164 e. The Balaban J connectivity index is 1.12. The number of nitrogens with zero attached hydrogens (tertiary/aromatic N) is 3. The number of hydrogen-bond acceptors (Lipinski definition) is 3. The molecule has 1 aromatic heterocycles. The van der Waals surface area contributed by atoms with Crippen LogP contribution in [-0.4, -0.2) is 15.0 Å². The van der Waals surface area contributed by atoms with Crippen molar-refractivity contribution < 1.29 is 8.22 Å². The Morgan fingerprint density at radius 2 is 0.660 bits per heavy atom. The molecular formula is C47H33N3. The van der Waals surface area contributed by atoms with E-state index in [-0.39, 0.29) is 11.1 Å². The molecule has 3 heteroatoms. The van der Waals surface area contributed by atoms with E-state index in [0.29, 0.717) is 28.6 Å². The molecule has 0 saturated heterocycles. The zero-order chi connectivity index (χ0) is 38.6. The molecule has 0 aliphatic heterocycles. The van der Waals surface area contributed by atoms with E-state index in [1.807, 2.05) is 12.1 Å². The van der Waals surface area contributed by atoms with Gasteiger partial charge in [-0.3, -0.25) is 0 Å². The molecule has 50 heavy (non-hydrogen) atoms. The van der Waals surface area contributed by atoms with Crippen molar-refractivity contribution in [3.63, 3.8) is 0 Å². The number of aryl methyl sites for hydroxylation is 2. The fourth-order valence-corrected chi connectivity index (χ4v) is 6.81. The van der Waals surface area contributed by atoms with Crippen LogP contribution in [0.2, 0.25) is 0 Å². The maximum atomic E-state index is 7.79. The van der Waals surface area contributed by atoms with Crippen LogP contribution in [0.25, 0.3) is 88.7 Å². The molecule has 1 heterocycles. The SMILES string of the molecule is [2H]C([2H])([2H])c1ccc(-c2nc(-c3ccc(C([2H])([2H])[2H])cc3)nc(-c3cccc(-c4cccc(-c5ccc6c7ccccc7c7ccccc7c6c5)c4)c3)n2)cc1. The van der Waals surface area contributed by atoms with Gasteiger partial charge < -0.3 is 0 Å². The molecule has 0 atom stereocenters. The van der Waals surface area contributed by atoms with Crippen molar-refractivity contribution in [3.05, 3.63) is 175 Å². The molecular weight excluding hydrogens is 607 g/mol. The second-order valence-electron chi connectivity index (χ2n) is 12.5. The highest BCUT2D eigenvalue weighted by Gasteiger charge is 2.14. The molecule has 9 aromatic rings. The van der Waals surface area contributed by atoms with Crippen molar-refractivity contribution in [1.29, 1.82) is 0 Å². The fourth-order valence-electron chi connectivity index (χ4n) is 6.81. The highest BCUT2D eigenvalue weighted by Crippen LogP contribution is 2.38. The Hall–Kier alpha value is -6.45. The van der Waals surface area contributed by atoms with E-state index in [2.05, 4.69) is 103 Å². The Labute approximate surface area is 300 Å². The predicted octanol–water partition coefficient (Wildman–Crippen LogP) is 12.3. The lowest BCUT2D eigenvalue weighted by Gasteiger charge is -2.13. The molecule has 0 amide bonds. The van der Waals surface area contributed by atoms with E-state index in [1.54, 1.807) is 48.5 Å². The van der Waals surface area contributed by atoms with E-state index in [1.165, 1.54) is 32.3 Å². The number of hydrogen-bond donors (Lipinski definition) is 0. The van der Waals surface area contributed by atoms with Crippen LogP contribution in [-0.2, 0) is 0 Å². The van der Waals surface area contributed by atoms with E-state index in [4.69, 9.17) is 23.2 Å². The average molecular weight is 646 g/mol. The van der Waals surface area contributed by atoms with E-state index >= 15 is 0 Å². The smallest absolute Gasteiger partial charge is 0.164 e. The van der Waals surface area contributed by atoms with Gasteiger partial charge in [0.05, 0.1) is 0 Å². The largest absolute Gasteiger partial charge is 0.208 e. The molecule has 8 aromatic carbocycles. The summed E-state index contributed by atoms with van der Waals surface area (Å²) >= 11 is 0. The van der Waals surface area contributed by atoms with Gasteiger partial charge in [0.25, 0.3) is 0 Å². The van der Waals surface area contributed by atoms with Gasteiger partial charge in [0, 0.05) is 24.9 Å². The van der Waals surface area contributed by atoms with Gasteiger partial charge in [-0.1, -0.05) is 157 Å². The first-order valence-corrected chi connectivity index (χ1v) is 16.5. The standard InChI is InChI=1S/C47H33N3/c1-30-17-21-32(22-18-30)45-48-46(33-23-19-31(2)20-24-33)50-47(49-45)38-12-8-11-36(28-38)34-9-7-10-35(27-34)37-25-26-43-41-15-4-3-13-39(41)40-14-5-6-16-42(40)44(43)29-37/h3-29H,1-2H3/i1D3,2D3. The molecule has 0 unspecified atom stereocenters. The first kappa shape index (κ1) is 23.8. The molecule has 0 N–H and O–H groups in total. The van der Waals surface area contributed by atoms with E-state index < -0.39 is 13.7 Å². The zero-order valence-corrected chi connectivity index (χ0v) is 26.9. The van der Waals surface area contributed by atoms with Crippen LogP contribution in [0.5, 0.6) is 0 Å². The lowest BCUT2D eigenvalue weighted by molar-refractivity contribution is 1.07. The average Bonchev–Trinajstić information content (AvgIpc) is 3.23. The highest BCUT2D eigenvalue weighted by molar-refractivity contribution is 6.25. The van der Waals surface area contributed by atoms with Gasteiger partial charge in [-0.2, -0.15) is 0 Å². The van der Waals surface area contributed by atoms with Crippen molar-refractivity contribution in [2.45, 2.75) is 13.7 Å². The van der Waals surface area contributed by atoms with Gasteiger partial charge in [-0.25, -0.2) is 15.0 Å². The van der Waals surface area contributed by atoms with Gasteiger partial charge in [-0.15, -0.1) is 0 Å². The summed E-state index contributed by atoms with van der Waals surface area (Å²) in [6.45, 7) is -4.48. The Morgan fingerprint density at radius 1 is 0.300 bits per heavy atom. The first-order chi connectivity index (χ1) is 27.0. The van der Waals surface area contributed by atoms with Gasteiger partial charge in [0.15, 0.2) is 17.5 Å². The minimum atomic E-state index is -2.24. The second kappa shape index (κ2) is 12.2. The van der Waals surface area contributed by atoms with Crippen molar-refractivity contribution in [3.8, 4) is 56.4 Å². The molecule has 0 aliphatic carbocycles. The third-order valence-electron chi connectivity index (χ3n) is 9.32. The monoisotopic (exact) mass is 645 g/mol. The van der Waals surface area contributed by atoms with Crippen LogP contribution < -0.4 is 0 Å².